The topological polar surface area (TPSA) is 103 Å². The standard InChI is InChI=1S/C18H21N6OS.2BrH/c1-3-26(25)15-8-9-17-23(2)16(12-24(17)11-15)14-6-4-13(5-7-14)10-21-22-18(19)20;;/h4-12H,3H2,1-2H3,(H4,19,20,22);2*1H/q+1;;/p-1/b21-10+;;. The van der Waals surface area contributed by atoms with Crippen LogP contribution < -0.4 is 32.8 Å². The van der Waals surface area contributed by atoms with E-state index in [0.29, 0.717) is 5.75 Å². The molecule has 1 aromatic carbocycles. The lowest BCUT2D eigenvalue weighted by molar-refractivity contribution is -0.512. The monoisotopic (exact) mass is 528 g/mol. The summed E-state index contributed by atoms with van der Waals surface area (Å²) < 4.78 is 16.1. The summed E-state index contributed by atoms with van der Waals surface area (Å²) in [6.45, 7) is 1.92. The lowest BCUT2D eigenvalue weighted by Crippen LogP contribution is -3.00. The minimum absolute atomic E-state index is 0. The Morgan fingerprint density at radius 2 is 1.86 bits per heavy atom. The van der Waals surface area contributed by atoms with Gasteiger partial charge in [0.15, 0.2) is 5.69 Å². The first-order valence-electron chi connectivity index (χ1n) is 8.11. The fourth-order valence-corrected chi connectivity index (χ4v) is 3.48. The van der Waals surface area contributed by atoms with Gasteiger partial charge in [-0.05, 0) is 23.8 Å². The van der Waals surface area contributed by atoms with Gasteiger partial charge in [0.1, 0.15) is 12.4 Å². The molecule has 0 bridgehead atoms. The number of halogens is 2. The highest BCUT2D eigenvalue weighted by atomic mass is 79.9. The van der Waals surface area contributed by atoms with Crippen molar-refractivity contribution in [2.75, 3.05) is 5.75 Å². The number of nitrogens with two attached hydrogens (primary N) is 2. The first kappa shape index (κ1) is 24.0. The van der Waals surface area contributed by atoms with Gasteiger partial charge in [-0.15, -0.1) is 22.1 Å². The van der Waals surface area contributed by atoms with Crippen molar-refractivity contribution in [1.82, 2.24) is 4.57 Å². The van der Waals surface area contributed by atoms with E-state index >= 15 is 0 Å². The summed E-state index contributed by atoms with van der Waals surface area (Å²) in [7, 11) is 1.04. The van der Waals surface area contributed by atoms with Crippen molar-refractivity contribution in [3.05, 3.63) is 54.4 Å². The Morgan fingerprint density at radius 3 is 2.46 bits per heavy atom. The van der Waals surface area contributed by atoms with E-state index in [1.807, 2.05) is 67.2 Å². The SMILES string of the molecule is Br.CCS(=O)c1ccc2n(C)c(-c3ccc(/C=N/N=C(N)N)cc3)c[n+]2c1.[Br-]. The van der Waals surface area contributed by atoms with Gasteiger partial charge in [-0.2, -0.15) is 5.10 Å². The first-order chi connectivity index (χ1) is 12.5. The third-order valence-corrected chi connectivity index (χ3v) is 5.30. The van der Waals surface area contributed by atoms with Gasteiger partial charge in [0.25, 0.3) is 5.65 Å². The number of rotatable bonds is 5. The van der Waals surface area contributed by atoms with Gasteiger partial charge in [0.05, 0.1) is 29.0 Å². The number of aromatic nitrogens is 2. The summed E-state index contributed by atoms with van der Waals surface area (Å²) in [5.41, 5.74) is 14.5. The van der Waals surface area contributed by atoms with E-state index in [4.69, 9.17) is 11.5 Å². The van der Waals surface area contributed by atoms with Crippen LogP contribution in [0.1, 0.15) is 12.5 Å². The lowest BCUT2D eigenvalue weighted by atomic mass is 10.1. The smallest absolute Gasteiger partial charge is 0.286 e. The molecule has 3 aromatic rings. The maximum absolute atomic E-state index is 12.0. The van der Waals surface area contributed by atoms with Gasteiger partial charge in [-0.3, -0.25) is 4.21 Å². The van der Waals surface area contributed by atoms with Gasteiger partial charge in [0, 0.05) is 17.4 Å². The van der Waals surface area contributed by atoms with Crippen molar-refractivity contribution in [2.45, 2.75) is 11.8 Å². The number of guanidine groups is 1. The summed E-state index contributed by atoms with van der Waals surface area (Å²) in [4.78, 5) is 0.827. The predicted molar refractivity (Wildman–Crippen MR) is 115 cm³/mol. The van der Waals surface area contributed by atoms with Crippen molar-refractivity contribution in [3.63, 3.8) is 0 Å². The van der Waals surface area contributed by atoms with E-state index in [-0.39, 0.29) is 39.9 Å². The molecular weight excluding hydrogens is 508 g/mol. The van der Waals surface area contributed by atoms with Gasteiger partial charge in [-0.25, -0.2) is 8.97 Å². The zero-order valence-corrected chi connectivity index (χ0v) is 19.6. The summed E-state index contributed by atoms with van der Waals surface area (Å²) in [5, 5.41) is 7.39. The zero-order valence-electron chi connectivity index (χ0n) is 15.4. The number of benzene rings is 1. The largest absolute Gasteiger partial charge is 1.00 e. The molecule has 10 heteroatoms. The molecule has 1 unspecified atom stereocenters. The highest BCUT2D eigenvalue weighted by Gasteiger charge is 2.17. The summed E-state index contributed by atoms with van der Waals surface area (Å²) in [5.74, 6) is 0.531. The summed E-state index contributed by atoms with van der Waals surface area (Å²) >= 11 is 0. The normalized spacial score (nSPS) is 11.6. The van der Waals surface area contributed by atoms with Crippen molar-refractivity contribution >= 4 is 45.6 Å². The van der Waals surface area contributed by atoms with E-state index < -0.39 is 10.8 Å². The van der Waals surface area contributed by atoms with Crippen LogP contribution in [0, 0.1) is 0 Å². The van der Waals surface area contributed by atoms with E-state index in [2.05, 4.69) is 14.8 Å². The summed E-state index contributed by atoms with van der Waals surface area (Å²) in [6, 6.07) is 11.8. The van der Waals surface area contributed by atoms with Crippen LogP contribution in [0.25, 0.3) is 16.9 Å². The Morgan fingerprint density at radius 1 is 1.18 bits per heavy atom. The molecule has 0 aliphatic heterocycles. The van der Waals surface area contributed by atoms with Crippen LogP contribution in [0.5, 0.6) is 0 Å². The number of hydrogen-bond donors (Lipinski definition) is 2. The molecular formula is C18H22Br2N6OS. The van der Waals surface area contributed by atoms with Crippen LogP contribution in [0.3, 0.4) is 0 Å². The van der Waals surface area contributed by atoms with Gasteiger partial charge in [0.2, 0.25) is 5.96 Å². The number of pyridine rings is 1. The third-order valence-electron chi connectivity index (χ3n) is 4.01. The maximum atomic E-state index is 12.0. The molecule has 150 valence electrons. The second-order valence-corrected chi connectivity index (χ2v) is 7.47. The molecule has 2 heterocycles. The van der Waals surface area contributed by atoms with Crippen molar-refractivity contribution in [1.29, 1.82) is 0 Å². The van der Waals surface area contributed by atoms with Crippen LogP contribution in [0.2, 0.25) is 0 Å². The third kappa shape index (κ3) is 5.27. The Balaban J connectivity index is 0.00000196. The van der Waals surface area contributed by atoms with Crippen molar-refractivity contribution in [2.24, 2.45) is 28.7 Å². The molecule has 0 radical (unpaired) electrons. The Labute approximate surface area is 187 Å². The average Bonchev–Trinajstić information content (AvgIpc) is 2.97. The van der Waals surface area contributed by atoms with Crippen molar-refractivity contribution in [3.8, 4) is 11.3 Å². The molecule has 0 aliphatic carbocycles. The quantitative estimate of drug-likeness (QED) is 0.187. The first-order valence-corrected chi connectivity index (χ1v) is 9.43. The van der Waals surface area contributed by atoms with Crippen LogP contribution in [0.4, 0.5) is 0 Å². The van der Waals surface area contributed by atoms with Crippen LogP contribution in [-0.4, -0.2) is 26.7 Å². The number of fused-ring (bicyclic) bond motifs is 1. The van der Waals surface area contributed by atoms with Gasteiger partial charge in [-0.1, -0.05) is 19.1 Å². The van der Waals surface area contributed by atoms with Crippen molar-refractivity contribution < 1.29 is 25.6 Å². The van der Waals surface area contributed by atoms with E-state index in [9.17, 15) is 4.21 Å². The zero-order chi connectivity index (χ0) is 18.7. The van der Waals surface area contributed by atoms with E-state index in [1.165, 1.54) is 0 Å². The molecule has 2 aromatic heterocycles. The van der Waals surface area contributed by atoms with Crippen LogP contribution in [-0.2, 0) is 17.8 Å². The molecule has 0 aliphatic rings. The second kappa shape index (κ2) is 10.5. The maximum Gasteiger partial charge on any atom is 0.286 e. The number of imidazole rings is 1. The molecule has 7 nitrogen and oxygen atoms in total. The fraction of sp³-hybridized carbons (Fsp3) is 0.167. The highest BCUT2D eigenvalue weighted by Crippen LogP contribution is 2.20. The minimum atomic E-state index is -0.971. The molecule has 3 rings (SSSR count). The van der Waals surface area contributed by atoms with E-state index in [0.717, 1.165) is 27.4 Å². The lowest BCUT2D eigenvalue weighted by Gasteiger charge is -1.98. The van der Waals surface area contributed by atoms with Gasteiger partial charge < -0.3 is 28.4 Å². The number of aryl methyl sites for hydroxylation is 1. The molecule has 0 amide bonds. The average molecular weight is 530 g/mol. The molecule has 1 atom stereocenters. The summed E-state index contributed by atoms with van der Waals surface area (Å²) in [6.07, 6.45) is 5.55. The highest BCUT2D eigenvalue weighted by molar-refractivity contribution is 8.93. The number of nitrogens with zero attached hydrogens (tertiary/aromatic N) is 4. The Hall–Kier alpha value is -2.04. The van der Waals surface area contributed by atoms with Gasteiger partial charge >= 0.3 is 0 Å². The molecule has 0 fully saturated rings. The Kier molecular flexibility index (Phi) is 8.99. The molecule has 0 saturated heterocycles. The number of hydrogen-bond acceptors (Lipinski definition) is 3. The second-order valence-electron chi connectivity index (χ2n) is 5.73. The molecule has 28 heavy (non-hydrogen) atoms. The van der Waals surface area contributed by atoms with Crippen LogP contribution >= 0.6 is 17.0 Å². The minimum Gasteiger partial charge on any atom is -1.00 e. The Bertz CT molecular complexity index is 1030. The fourth-order valence-electron chi connectivity index (χ4n) is 2.69. The molecule has 0 spiro atoms. The predicted octanol–water partition coefficient (Wildman–Crippen LogP) is -1.25. The van der Waals surface area contributed by atoms with Crippen LogP contribution in [0.15, 0.2) is 63.9 Å². The molecule has 0 saturated carbocycles. The van der Waals surface area contributed by atoms with E-state index in [1.54, 1.807) is 6.21 Å². The molecule has 4 N–H and O–H groups in total.